The number of hydrogen-bond donors (Lipinski definition) is 0. The van der Waals surface area contributed by atoms with E-state index in [1.807, 2.05) is 6.92 Å². The molecule has 0 aromatic carbocycles. The van der Waals surface area contributed by atoms with Crippen LogP contribution in [0.3, 0.4) is 0 Å². The first-order valence-corrected chi connectivity index (χ1v) is 5.66. The lowest BCUT2D eigenvalue weighted by Crippen LogP contribution is -2.30. The molecule has 1 aromatic rings. The largest absolute Gasteiger partial charge is 0.380 e. The average Bonchev–Trinajstić information content (AvgIpc) is 2.64. The van der Waals surface area contributed by atoms with Crippen molar-refractivity contribution in [3.8, 4) is 0 Å². The fourth-order valence-electron chi connectivity index (χ4n) is 0.902. The molecule has 0 fully saturated rings. The van der Waals surface area contributed by atoms with E-state index in [9.17, 15) is 4.79 Å². The van der Waals surface area contributed by atoms with Gasteiger partial charge < -0.3 is 9.64 Å². The van der Waals surface area contributed by atoms with E-state index in [-0.39, 0.29) is 10.4 Å². The van der Waals surface area contributed by atoms with Crippen molar-refractivity contribution in [1.29, 1.82) is 0 Å². The molecule has 0 aliphatic rings. The van der Waals surface area contributed by atoms with Crippen LogP contribution in [0.1, 0.15) is 16.7 Å². The lowest BCUT2D eigenvalue weighted by Gasteiger charge is -2.14. The highest BCUT2D eigenvalue weighted by atomic mass is 35.5. The van der Waals surface area contributed by atoms with Gasteiger partial charge in [-0.2, -0.15) is 0 Å². The second-order valence-corrected chi connectivity index (χ2v) is 4.34. The topological polar surface area (TPSA) is 55.3 Å². The summed E-state index contributed by atoms with van der Waals surface area (Å²) < 4.78 is 5.42. The highest BCUT2D eigenvalue weighted by molar-refractivity contribution is 7.17. The molecule has 0 bridgehead atoms. The number of nitrogens with zero attached hydrogens (tertiary/aromatic N) is 3. The van der Waals surface area contributed by atoms with E-state index in [1.165, 1.54) is 4.90 Å². The molecule has 1 aromatic heterocycles. The Balaban J connectivity index is 2.46. The van der Waals surface area contributed by atoms with Gasteiger partial charge in [-0.25, -0.2) is 0 Å². The number of carbonyl (C=O) groups is 1. The van der Waals surface area contributed by atoms with Crippen molar-refractivity contribution >= 4 is 28.8 Å². The van der Waals surface area contributed by atoms with E-state index < -0.39 is 0 Å². The first kappa shape index (κ1) is 12.4. The molecule has 1 heterocycles. The molecular weight excluding hydrogens is 238 g/mol. The van der Waals surface area contributed by atoms with Crippen molar-refractivity contribution in [1.82, 2.24) is 15.1 Å². The van der Waals surface area contributed by atoms with Gasteiger partial charge in [-0.1, -0.05) is 11.3 Å². The summed E-state index contributed by atoms with van der Waals surface area (Å²) in [7, 11) is 1.69. The van der Waals surface area contributed by atoms with Crippen molar-refractivity contribution in [2.75, 3.05) is 26.8 Å². The van der Waals surface area contributed by atoms with E-state index in [2.05, 4.69) is 10.2 Å². The highest BCUT2D eigenvalue weighted by Gasteiger charge is 2.16. The summed E-state index contributed by atoms with van der Waals surface area (Å²) in [5, 5.41) is 7.55. The maximum atomic E-state index is 11.7. The predicted octanol–water partition coefficient (Wildman–Crippen LogP) is 1.30. The first-order valence-electron chi connectivity index (χ1n) is 4.47. The van der Waals surface area contributed by atoms with Crippen LogP contribution < -0.4 is 0 Å². The maximum absolute atomic E-state index is 11.7. The quantitative estimate of drug-likeness (QED) is 0.738. The Labute approximate surface area is 97.0 Å². The molecule has 1 amide bonds. The summed E-state index contributed by atoms with van der Waals surface area (Å²) >= 11 is 6.66. The van der Waals surface area contributed by atoms with Crippen LogP contribution in [-0.4, -0.2) is 47.8 Å². The minimum Gasteiger partial charge on any atom is -0.380 e. The Hall–Kier alpha value is -0.720. The van der Waals surface area contributed by atoms with Gasteiger partial charge in [-0.3, -0.25) is 4.79 Å². The third-order valence-electron chi connectivity index (χ3n) is 1.71. The Morgan fingerprint density at radius 1 is 1.60 bits per heavy atom. The second kappa shape index (κ2) is 5.99. The Morgan fingerprint density at radius 3 is 2.87 bits per heavy atom. The van der Waals surface area contributed by atoms with Crippen molar-refractivity contribution in [3.05, 3.63) is 9.47 Å². The second-order valence-electron chi connectivity index (χ2n) is 2.78. The minimum absolute atomic E-state index is 0.181. The number of aromatic nitrogens is 2. The van der Waals surface area contributed by atoms with Crippen LogP contribution in [0.25, 0.3) is 0 Å². The molecule has 0 aliphatic heterocycles. The Kier molecular flexibility index (Phi) is 4.93. The number of carbonyl (C=O) groups excluding carboxylic acids is 1. The summed E-state index contributed by atoms with van der Waals surface area (Å²) in [6, 6.07) is 0. The van der Waals surface area contributed by atoms with E-state index in [1.54, 1.807) is 7.05 Å². The van der Waals surface area contributed by atoms with Gasteiger partial charge in [-0.15, -0.1) is 10.2 Å². The van der Waals surface area contributed by atoms with E-state index in [0.717, 1.165) is 11.3 Å². The van der Waals surface area contributed by atoms with Crippen molar-refractivity contribution in [2.24, 2.45) is 0 Å². The van der Waals surface area contributed by atoms with Gasteiger partial charge in [0.15, 0.2) is 0 Å². The molecule has 0 atom stereocenters. The Bertz CT molecular complexity index is 331. The van der Waals surface area contributed by atoms with Gasteiger partial charge in [0.25, 0.3) is 5.91 Å². The van der Waals surface area contributed by atoms with Crippen LogP contribution >= 0.6 is 22.9 Å². The third kappa shape index (κ3) is 3.73. The first-order chi connectivity index (χ1) is 7.15. The van der Waals surface area contributed by atoms with Crippen LogP contribution in [-0.2, 0) is 4.74 Å². The molecule has 0 spiro atoms. The highest BCUT2D eigenvalue weighted by Crippen LogP contribution is 2.15. The van der Waals surface area contributed by atoms with Crippen LogP contribution in [0.2, 0.25) is 4.47 Å². The lowest BCUT2D eigenvalue weighted by molar-refractivity contribution is 0.0709. The molecule has 0 saturated carbocycles. The molecule has 0 saturated heterocycles. The van der Waals surface area contributed by atoms with Crippen LogP contribution in [0.4, 0.5) is 0 Å². The predicted molar refractivity (Wildman–Crippen MR) is 58.4 cm³/mol. The van der Waals surface area contributed by atoms with Gasteiger partial charge in [0.05, 0.1) is 6.61 Å². The smallest absolute Gasteiger partial charge is 0.284 e. The van der Waals surface area contributed by atoms with Crippen LogP contribution in [0.15, 0.2) is 0 Å². The molecule has 0 unspecified atom stereocenters. The number of ether oxygens (including phenoxy) is 1. The van der Waals surface area contributed by atoms with E-state index in [0.29, 0.717) is 24.8 Å². The molecule has 0 aliphatic carbocycles. The summed E-state index contributed by atoms with van der Waals surface area (Å²) in [5.41, 5.74) is 0. The van der Waals surface area contributed by atoms with Gasteiger partial charge in [-0.05, 0) is 18.5 Å². The monoisotopic (exact) mass is 249 g/mol. The van der Waals surface area contributed by atoms with Gasteiger partial charge in [0.2, 0.25) is 9.47 Å². The SMILES string of the molecule is CCOCCN(C)C(=O)c1nnc(Cl)s1. The molecule has 0 radical (unpaired) electrons. The standard InChI is InChI=1S/C8H12ClN3O2S/c1-3-14-5-4-12(2)7(13)6-10-11-8(9)15-6/h3-5H2,1-2H3. The van der Waals surface area contributed by atoms with Crippen molar-refractivity contribution in [3.63, 3.8) is 0 Å². The molecule has 5 nitrogen and oxygen atoms in total. The zero-order valence-corrected chi connectivity index (χ0v) is 10.1. The summed E-state index contributed by atoms with van der Waals surface area (Å²) in [5.74, 6) is -0.181. The van der Waals surface area contributed by atoms with Gasteiger partial charge in [0.1, 0.15) is 0 Å². The lowest BCUT2D eigenvalue weighted by atomic mass is 10.5. The zero-order chi connectivity index (χ0) is 11.3. The fraction of sp³-hybridized carbons (Fsp3) is 0.625. The summed E-state index contributed by atoms with van der Waals surface area (Å²) in [4.78, 5) is 13.2. The normalized spacial score (nSPS) is 10.3. The number of rotatable bonds is 5. The number of halogens is 1. The number of hydrogen-bond acceptors (Lipinski definition) is 5. The number of amides is 1. The Morgan fingerprint density at radius 2 is 2.33 bits per heavy atom. The molecule has 7 heteroatoms. The van der Waals surface area contributed by atoms with E-state index >= 15 is 0 Å². The third-order valence-corrected chi connectivity index (χ3v) is 2.71. The zero-order valence-electron chi connectivity index (χ0n) is 8.57. The van der Waals surface area contributed by atoms with Gasteiger partial charge >= 0.3 is 0 Å². The molecular formula is C8H12ClN3O2S. The summed E-state index contributed by atoms with van der Waals surface area (Å²) in [6.45, 7) is 3.61. The molecule has 0 N–H and O–H groups in total. The van der Waals surface area contributed by atoms with Crippen molar-refractivity contribution < 1.29 is 9.53 Å². The fourth-order valence-corrected chi connectivity index (χ4v) is 1.73. The number of likely N-dealkylation sites (N-methyl/N-ethyl adjacent to an activating group) is 1. The molecule has 84 valence electrons. The summed E-state index contributed by atoms with van der Waals surface area (Å²) in [6.07, 6.45) is 0. The van der Waals surface area contributed by atoms with Gasteiger partial charge in [0, 0.05) is 20.2 Å². The maximum Gasteiger partial charge on any atom is 0.284 e. The minimum atomic E-state index is -0.181. The van der Waals surface area contributed by atoms with Crippen LogP contribution in [0.5, 0.6) is 0 Å². The molecule has 1 rings (SSSR count). The molecule has 15 heavy (non-hydrogen) atoms. The van der Waals surface area contributed by atoms with E-state index in [4.69, 9.17) is 16.3 Å². The van der Waals surface area contributed by atoms with Crippen molar-refractivity contribution in [2.45, 2.75) is 6.92 Å². The average molecular weight is 250 g/mol. The van der Waals surface area contributed by atoms with Crippen LogP contribution in [0, 0.1) is 0 Å².